The van der Waals surface area contributed by atoms with E-state index in [1.165, 1.54) is 6.08 Å². The lowest BCUT2D eigenvalue weighted by Crippen LogP contribution is -1.98. The molecule has 1 N–H and O–H groups in total. The van der Waals surface area contributed by atoms with E-state index in [1.807, 2.05) is 0 Å². The van der Waals surface area contributed by atoms with Gasteiger partial charge in [0.05, 0.1) is 6.26 Å². The molecule has 0 saturated heterocycles. The van der Waals surface area contributed by atoms with Crippen molar-refractivity contribution in [3.05, 3.63) is 12.3 Å². The first-order chi connectivity index (χ1) is 3.81. The molecule has 0 aliphatic heterocycles. The molecule has 0 aromatic rings. The SMILES string of the molecule is CC=COC(=O)OO. The van der Waals surface area contributed by atoms with Crippen LogP contribution in [0.3, 0.4) is 0 Å². The van der Waals surface area contributed by atoms with E-state index in [1.54, 1.807) is 6.92 Å². The van der Waals surface area contributed by atoms with Crippen molar-refractivity contribution in [1.82, 2.24) is 0 Å². The van der Waals surface area contributed by atoms with Crippen LogP contribution in [0.5, 0.6) is 0 Å². The molecule has 0 unspecified atom stereocenters. The molecule has 46 valence electrons. The third kappa shape index (κ3) is 3.17. The highest BCUT2D eigenvalue weighted by Gasteiger charge is 1.95. The van der Waals surface area contributed by atoms with Crippen molar-refractivity contribution in [2.75, 3.05) is 0 Å². The third-order valence-corrected chi connectivity index (χ3v) is 0.375. The van der Waals surface area contributed by atoms with Gasteiger partial charge in [0.1, 0.15) is 0 Å². The van der Waals surface area contributed by atoms with Crippen LogP contribution in [0.25, 0.3) is 0 Å². The molecule has 0 amide bonds. The smallest absolute Gasteiger partial charge is 0.401 e. The second kappa shape index (κ2) is 4.14. The van der Waals surface area contributed by atoms with Crippen LogP contribution < -0.4 is 0 Å². The predicted molar refractivity (Wildman–Crippen MR) is 25.0 cm³/mol. The van der Waals surface area contributed by atoms with Crippen LogP contribution in [-0.4, -0.2) is 11.4 Å². The monoisotopic (exact) mass is 118 g/mol. The van der Waals surface area contributed by atoms with E-state index in [9.17, 15) is 4.79 Å². The summed E-state index contributed by atoms with van der Waals surface area (Å²) in [5.41, 5.74) is 0. The molecule has 0 aliphatic carbocycles. The number of ether oxygens (including phenoxy) is 1. The molecule has 0 radical (unpaired) electrons. The van der Waals surface area contributed by atoms with Crippen molar-refractivity contribution in [3.63, 3.8) is 0 Å². The summed E-state index contributed by atoms with van der Waals surface area (Å²) in [6.45, 7) is 1.66. The van der Waals surface area contributed by atoms with Gasteiger partial charge in [0, 0.05) is 0 Å². The highest BCUT2D eigenvalue weighted by Crippen LogP contribution is 1.81. The van der Waals surface area contributed by atoms with Gasteiger partial charge in [0.2, 0.25) is 0 Å². The number of carbonyl (C=O) groups is 1. The van der Waals surface area contributed by atoms with Gasteiger partial charge in [0.15, 0.2) is 0 Å². The largest absolute Gasteiger partial charge is 0.545 e. The summed E-state index contributed by atoms with van der Waals surface area (Å²) in [5, 5.41) is 7.55. The molecular formula is C4H6O4. The summed E-state index contributed by atoms with van der Waals surface area (Å²) in [5.74, 6) is 0. The van der Waals surface area contributed by atoms with Crippen LogP contribution in [0.2, 0.25) is 0 Å². The van der Waals surface area contributed by atoms with Crippen molar-refractivity contribution >= 4 is 6.16 Å². The van der Waals surface area contributed by atoms with E-state index in [0.29, 0.717) is 0 Å². The Balaban J connectivity index is 3.25. The molecule has 0 aliphatic rings. The Bertz CT molecular complexity index is 96.2. The first-order valence-electron chi connectivity index (χ1n) is 1.94. The molecule has 0 bridgehead atoms. The minimum absolute atomic E-state index is 1.10. The summed E-state index contributed by atoms with van der Waals surface area (Å²) in [6, 6.07) is 0. The van der Waals surface area contributed by atoms with Gasteiger partial charge in [-0.2, -0.15) is 5.26 Å². The summed E-state index contributed by atoms with van der Waals surface area (Å²) in [6.07, 6.45) is 1.44. The van der Waals surface area contributed by atoms with E-state index in [2.05, 4.69) is 9.62 Å². The molecule has 0 spiro atoms. The molecule has 0 fully saturated rings. The molecule has 4 heteroatoms. The fourth-order valence-electron chi connectivity index (χ4n) is 0.145. The topological polar surface area (TPSA) is 55.8 Å². The quantitative estimate of drug-likeness (QED) is 0.243. The molecule has 0 heterocycles. The lowest BCUT2D eigenvalue weighted by molar-refractivity contribution is -0.195. The second-order valence-electron chi connectivity index (χ2n) is 0.929. The van der Waals surface area contributed by atoms with E-state index in [-0.39, 0.29) is 0 Å². The van der Waals surface area contributed by atoms with Crippen molar-refractivity contribution in [1.29, 1.82) is 0 Å². The molecule has 0 rings (SSSR count). The average molecular weight is 118 g/mol. The summed E-state index contributed by atoms with van der Waals surface area (Å²) >= 11 is 0. The Morgan fingerprint density at radius 2 is 2.38 bits per heavy atom. The summed E-state index contributed by atoms with van der Waals surface area (Å²) < 4.78 is 4.05. The number of rotatable bonds is 1. The van der Waals surface area contributed by atoms with E-state index >= 15 is 0 Å². The molecular weight excluding hydrogens is 112 g/mol. The van der Waals surface area contributed by atoms with E-state index in [4.69, 9.17) is 5.26 Å². The van der Waals surface area contributed by atoms with Crippen molar-refractivity contribution in [2.45, 2.75) is 6.92 Å². The Morgan fingerprint density at radius 1 is 1.75 bits per heavy atom. The first kappa shape index (κ1) is 6.97. The minimum Gasteiger partial charge on any atom is -0.401 e. The number of carbonyl (C=O) groups excluding carboxylic acids is 1. The van der Waals surface area contributed by atoms with Gasteiger partial charge in [-0.25, -0.2) is 4.79 Å². The standard InChI is InChI=1S/C4H6O4/c1-2-3-7-4(5)8-6/h2-3,6H,1H3. The zero-order valence-corrected chi connectivity index (χ0v) is 4.33. The zero-order chi connectivity index (χ0) is 6.41. The van der Waals surface area contributed by atoms with Crippen molar-refractivity contribution < 1.29 is 19.7 Å². The van der Waals surface area contributed by atoms with Crippen molar-refractivity contribution in [3.8, 4) is 0 Å². The van der Waals surface area contributed by atoms with Gasteiger partial charge >= 0.3 is 6.16 Å². The lowest BCUT2D eigenvalue weighted by Gasteiger charge is -1.89. The summed E-state index contributed by atoms with van der Waals surface area (Å²) in [7, 11) is 0. The molecule has 0 saturated carbocycles. The van der Waals surface area contributed by atoms with Gasteiger partial charge in [0.25, 0.3) is 0 Å². The summed E-state index contributed by atoms with van der Waals surface area (Å²) in [4.78, 5) is 13.0. The highest BCUT2D eigenvalue weighted by atomic mass is 17.1. The lowest BCUT2D eigenvalue weighted by atomic mass is 10.7. The first-order valence-corrected chi connectivity index (χ1v) is 1.94. The van der Waals surface area contributed by atoms with Crippen LogP contribution in [0.4, 0.5) is 4.79 Å². The molecule has 0 aromatic carbocycles. The average Bonchev–Trinajstić information content (AvgIpc) is 1.83. The normalized spacial score (nSPS) is 9.25. The van der Waals surface area contributed by atoms with Gasteiger partial charge in [-0.15, -0.1) is 0 Å². The van der Waals surface area contributed by atoms with Gasteiger partial charge in [-0.1, -0.05) is 6.08 Å². The van der Waals surface area contributed by atoms with E-state index in [0.717, 1.165) is 6.26 Å². The van der Waals surface area contributed by atoms with Crippen LogP contribution >= 0.6 is 0 Å². The number of allylic oxidation sites excluding steroid dienone is 1. The Hall–Kier alpha value is -1.03. The Kier molecular flexibility index (Phi) is 3.60. The van der Waals surface area contributed by atoms with Crippen LogP contribution in [-0.2, 0) is 9.62 Å². The zero-order valence-electron chi connectivity index (χ0n) is 4.33. The molecule has 0 aromatic heterocycles. The second-order valence-corrected chi connectivity index (χ2v) is 0.929. The maximum atomic E-state index is 9.82. The van der Waals surface area contributed by atoms with Gasteiger partial charge in [-0.3, -0.25) is 4.89 Å². The van der Waals surface area contributed by atoms with Crippen LogP contribution in [0.1, 0.15) is 6.92 Å². The van der Waals surface area contributed by atoms with Gasteiger partial charge < -0.3 is 4.74 Å². The van der Waals surface area contributed by atoms with E-state index < -0.39 is 6.16 Å². The van der Waals surface area contributed by atoms with Crippen molar-refractivity contribution in [2.24, 2.45) is 0 Å². The molecule has 4 nitrogen and oxygen atoms in total. The third-order valence-electron chi connectivity index (χ3n) is 0.375. The highest BCUT2D eigenvalue weighted by molar-refractivity contribution is 5.59. The maximum Gasteiger partial charge on any atom is 0.545 e. The maximum absolute atomic E-state index is 9.82. The van der Waals surface area contributed by atoms with Crippen LogP contribution in [0, 0.1) is 0 Å². The predicted octanol–water partition coefficient (Wildman–Crippen LogP) is 1.15. The Labute approximate surface area is 46.3 Å². The molecule has 0 atom stereocenters. The van der Waals surface area contributed by atoms with Gasteiger partial charge in [-0.05, 0) is 6.92 Å². The minimum atomic E-state index is -1.14. The fourth-order valence-corrected chi connectivity index (χ4v) is 0.145. The number of hydrogen-bond donors (Lipinski definition) is 1. The fraction of sp³-hybridized carbons (Fsp3) is 0.250. The Morgan fingerprint density at radius 3 is 2.75 bits per heavy atom. The van der Waals surface area contributed by atoms with Crippen LogP contribution in [0.15, 0.2) is 12.3 Å². The molecule has 8 heavy (non-hydrogen) atoms. The number of hydrogen-bond acceptors (Lipinski definition) is 4.